The van der Waals surface area contributed by atoms with Crippen LogP contribution in [0.25, 0.3) is 123 Å². The van der Waals surface area contributed by atoms with E-state index in [2.05, 4.69) is 64.6 Å². The molecule has 10 heteroatoms. The van der Waals surface area contributed by atoms with Gasteiger partial charge in [-0.15, -0.1) is 48.0 Å². The molecule has 0 fully saturated rings. The molecule has 79 heavy (non-hydrogen) atoms. The van der Waals surface area contributed by atoms with Gasteiger partial charge < -0.3 is 9.97 Å². The zero-order chi connectivity index (χ0) is 53.3. The molecule has 0 amide bonds. The smallest absolute Gasteiger partial charge is 0.135 e. The summed E-state index contributed by atoms with van der Waals surface area (Å²) < 4.78 is 89.3. The normalized spacial score (nSPS) is 11.1. The van der Waals surface area contributed by atoms with E-state index in [0.717, 1.165) is 74.5 Å². The topological polar surface area (TPSA) is 38.7 Å². The number of halogens is 6. The second kappa shape index (κ2) is 22.3. The zero-order valence-electron chi connectivity index (χ0n) is 41.5. The molecule has 383 valence electrons. The van der Waals surface area contributed by atoms with Crippen molar-refractivity contribution in [3.63, 3.8) is 0 Å². The van der Waals surface area contributed by atoms with Gasteiger partial charge in [0.2, 0.25) is 0 Å². The standard InChI is InChI=1S/C69H39F6N3.Ir/c70-51-21-25-56(46-19-29-67(76-39-46)59-27-23-53(72)36-65(59)74)61(34-51)49-31-48(32-50(33-49)62-35-52(71)22-26-57(62)47-20-30-68(77-40-47)60-28-24-54(73)37-66(60)75)55-13-7-8-14-58(55)64-41-78-69(45-11-5-2-6-12-45)38-63(64)44-17-15-43(16-18-44)42-9-3-1-4-10-42;/h1-11,13-27,29-41H;/q-2;. The summed E-state index contributed by atoms with van der Waals surface area (Å²) in [4.78, 5) is 14.1. The Balaban J connectivity index is 0.00000660. The van der Waals surface area contributed by atoms with Gasteiger partial charge in [0.15, 0.2) is 0 Å². The summed E-state index contributed by atoms with van der Waals surface area (Å²) in [5.41, 5.74) is 13.7. The van der Waals surface area contributed by atoms with Crippen molar-refractivity contribution in [3.8, 4) is 123 Å². The van der Waals surface area contributed by atoms with Crippen molar-refractivity contribution in [2.75, 3.05) is 0 Å². The van der Waals surface area contributed by atoms with Crippen LogP contribution in [0, 0.1) is 47.0 Å². The van der Waals surface area contributed by atoms with E-state index in [-0.39, 0.29) is 42.6 Å². The average molecular weight is 1220 g/mol. The monoisotopic (exact) mass is 1220 g/mol. The Labute approximate surface area is 465 Å². The summed E-state index contributed by atoms with van der Waals surface area (Å²) in [7, 11) is 0. The molecule has 12 aromatic rings. The number of benzene rings is 9. The van der Waals surface area contributed by atoms with Crippen molar-refractivity contribution in [2.24, 2.45) is 0 Å². The number of nitrogens with zero attached hydrogens (tertiary/aromatic N) is 3. The van der Waals surface area contributed by atoms with Crippen molar-refractivity contribution >= 4 is 0 Å². The van der Waals surface area contributed by atoms with Gasteiger partial charge in [-0.25, -0.2) is 17.6 Å². The Hall–Kier alpha value is -9.34. The van der Waals surface area contributed by atoms with Gasteiger partial charge in [-0.1, -0.05) is 127 Å². The third kappa shape index (κ3) is 10.7. The third-order valence-corrected chi connectivity index (χ3v) is 13.7. The summed E-state index contributed by atoms with van der Waals surface area (Å²) in [5.74, 6) is -4.10. The Morgan fingerprint density at radius 2 is 0.772 bits per heavy atom. The first-order chi connectivity index (χ1) is 38.1. The van der Waals surface area contributed by atoms with Crippen LogP contribution in [-0.2, 0) is 20.1 Å². The number of rotatable bonds is 11. The van der Waals surface area contributed by atoms with Gasteiger partial charge in [0.05, 0.1) is 5.69 Å². The molecule has 0 saturated carbocycles. The summed E-state index contributed by atoms with van der Waals surface area (Å²) in [6, 6.07) is 68.6. The maximum Gasteiger partial charge on any atom is 0.135 e. The molecule has 1 radical (unpaired) electrons. The van der Waals surface area contributed by atoms with E-state index in [1.165, 1.54) is 30.3 Å². The minimum absolute atomic E-state index is 0. The third-order valence-electron chi connectivity index (χ3n) is 13.7. The van der Waals surface area contributed by atoms with Crippen LogP contribution in [0.3, 0.4) is 0 Å². The summed E-state index contributed by atoms with van der Waals surface area (Å²) >= 11 is 0. The average Bonchev–Trinajstić information content (AvgIpc) is 3.56. The van der Waals surface area contributed by atoms with Gasteiger partial charge in [0, 0.05) is 73.1 Å². The molecule has 0 aliphatic heterocycles. The molecule has 12 rings (SSSR count). The van der Waals surface area contributed by atoms with Gasteiger partial charge in [0.25, 0.3) is 0 Å². The molecule has 0 spiro atoms. The van der Waals surface area contributed by atoms with Crippen molar-refractivity contribution in [3.05, 3.63) is 284 Å². The fourth-order valence-corrected chi connectivity index (χ4v) is 9.91. The SMILES string of the molecule is Fc1c[c-]c(-c2ccc(-c3ccc(F)cc3-c3cc(-c4cc(F)ccc4-c4ccc(-c5ccc(F)cc5F)nc4)cc(-c4ccccc4-c4cnc(-c5[c-]cccc5)cc4-c4ccc(-c5ccccc5)cc4)c3)cn2)c(F)c1.[Ir]. The molecule has 0 unspecified atom stereocenters. The van der Waals surface area contributed by atoms with Gasteiger partial charge in [-0.2, -0.15) is 0 Å². The molecule has 9 aromatic carbocycles. The molecule has 3 nitrogen and oxygen atoms in total. The van der Waals surface area contributed by atoms with Crippen molar-refractivity contribution < 1.29 is 46.4 Å². The summed E-state index contributed by atoms with van der Waals surface area (Å²) in [5, 5.41) is 0. The molecule has 3 aromatic heterocycles. The Bertz CT molecular complexity index is 4030. The van der Waals surface area contributed by atoms with Crippen LogP contribution in [0.1, 0.15) is 0 Å². The van der Waals surface area contributed by atoms with Crippen LogP contribution in [0.5, 0.6) is 0 Å². The van der Waals surface area contributed by atoms with Crippen molar-refractivity contribution in [1.82, 2.24) is 15.0 Å². The van der Waals surface area contributed by atoms with E-state index in [9.17, 15) is 17.6 Å². The second-order valence-corrected chi connectivity index (χ2v) is 18.6. The molecular formula is C69H39F6IrN3-2. The minimum Gasteiger partial charge on any atom is -0.304 e. The van der Waals surface area contributed by atoms with Crippen molar-refractivity contribution in [2.45, 2.75) is 0 Å². The van der Waals surface area contributed by atoms with Gasteiger partial charge in [0.1, 0.15) is 23.3 Å². The number of pyridine rings is 3. The first-order valence-electron chi connectivity index (χ1n) is 24.8. The molecule has 0 N–H and O–H groups in total. The van der Waals surface area contributed by atoms with Crippen LogP contribution in [0.2, 0.25) is 0 Å². The predicted molar refractivity (Wildman–Crippen MR) is 297 cm³/mol. The number of aromatic nitrogens is 3. The van der Waals surface area contributed by atoms with E-state index in [1.807, 2.05) is 91.1 Å². The van der Waals surface area contributed by atoms with Crippen LogP contribution in [-0.4, -0.2) is 15.0 Å². The van der Waals surface area contributed by atoms with Crippen LogP contribution < -0.4 is 0 Å². The number of hydrogen-bond acceptors (Lipinski definition) is 3. The van der Waals surface area contributed by atoms with Gasteiger partial charge >= 0.3 is 0 Å². The summed E-state index contributed by atoms with van der Waals surface area (Å²) in [6.07, 6.45) is 4.97. The predicted octanol–water partition coefficient (Wildman–Crippen LogP) is 18.6. The fourth-order valence-electron chi connectivity index (χ4n) is 9.91. The summed E-state index contributed by atoms with van der Waals surface area (Å²) in [6.45, 7) is 0. The molecular weight excluding hydrogens is 1180 g/mol. The Kier molecular flexibility index (Phi) is 14.6. The van der Waals surface area contributed by atoms with E-state index in [0.29, 0.717) is 50.1 Å². The largest absolute Gasteiger partial charge is 0.304 e. The number of hydrogen-bond donors (Lipinski definition) is 0. The minimum atomic E-state index is -0.818. The second-order valence-electron chi connectivity index (χ2n) is 18.6. The van der Waals surface area contributed by atoms with Gasteiger partial charge in [-0.3, -0.25) is 13.8 Å². The molecule has 3 heterocycles. The molecule has 0 atom stereocenters. The van der Waals surface area contributed by atoms with Crippen LogP contribution >= 0.6 is 0 Å². The van der Waals surface area contributed by atoms with Crippen molar-refractivity contribution in [1.29, 1.82) is 0 Å². The Morgan fingerprint density at radius 3 is 1.37 bits per heavy atom. The van der Waals surface area contributed by atoms with E-state index in [4.69, 9.17) is 4.98 Å². The zero-order valence-corrected chi connectivity index (χ0v) is 43.9. The first-order valence-corrected chi connectivity index (χ1v) is 24.8. The molecule has 0 aliphatic rings. The molecule has 0 aliphatic carbocycles. The van der Waals surface area contributed by atoms with E-state index >= 15 is 8.78 Å². The fraction of sp³-hybridized carbons (Fsp3) is 0. The maximum absolute atomic E-state index is 15.9. The first kappa shape index (κ1) is 51.7. The van der Waals surface area contributed by atoms with E-state index in [1.54, 1.807) is 48.8 Å². The van der Waals surface area contributed by atoms with E-state index < -0.39 is 34.9 Å². The molecule has 0 saturated heterocycles. The van der Waals surface area contributed by atoms with Gasteiger partial charge in [-0.05, 0) is 150 Å². The quantitative estimate of drug-likeness (QED) is 0.0957. The Morgan fingerprint density at radius 1 is 0.278 bits per heavy atom. The molecule has 0 bridgehead atoms. The van der Waals surface area contributed by atoms with Crippen LogP contribution in [0.4, 0.5) is 26.3 Å². The van der Waals surface area contributed by atoms with Crippen LogP contribution in [0.15, 0.2) is 237 Å². The maximum atomic E-state index is 15.9.